The molecule has 2 aliphatic rings. The number of nitrogens with one attached hydrogen (secondary N) is 2. The predicted octanol–water partition coefficient (Wildman–Crippen LogP) is 0.507. The smallest absolute Gasteiger partial charge is 0.0824 e. The highest BCUT2D eigenvalue weighted by atomic mass is 16.5. The van der Waals surface area contributed by atoms with Crippen molar-refractivity contribution in [1.29, 1.82) is 0 Å². The van der Waals surface area contributed by atoms with E-state index in [1.807, 2.05) is 0 Å². The molecule has 1 atom stereocenters. The summed E-state index contributed by atoms with van der Waals surface area (Å²) in [7, 11) is 0. The summed E-state index contributed by atoms with van der Waals surface area (Å²) < 4.78 is 5.61. The van der Waals surface area contributed by atoms with E-state index in [0.717, 1.165) is 32.3 Å². The lowest BCUT2D eigenvalue weighted by Gasteiger charge is -2.25. The van der Waals surface area contributed by atoms with E-state index in [-0.39, 0.29) is 0 Å². The van der Waals surface area contributed by atoms with Crippen LogP contribution in [0.15, 0.2) is 0 Å². The third-order valence-electron chi connectivity index (χ3n) is 2.99. The third-order valence-corrected chi connectivity index (χ3v) is 2.99. The molecule has 2 fully saturated rings. The summed E-state index contributed by atoms with van der Waals surface area (Å²) >= 11 is 0. The number of morpholine rings is 1. The molecule has 0 amide bonds. The Balaban J connectivity index is 1.60. The zero-order chi connectivity index (χ0) is 8.93. The molecule has 0 spiro atoms. The Labute approximate surface area is 80.2 Å². The summed E-state index contributed by atoms with van der Waals surface area (Å²) in [4.78, 5) is 0. The largest absolute Gasteiger partial charge is 0.374 e. The number of rotatable bonds is 3. The van der Waals surface area contributed by atoms with Crippen LogP contribution in [0, 0.1) is 0 Å². The van der Waals surface area contributed by atoms with E-state index < -0.39 is 0 Å². The monoisotopic (exact) mass is 184 g/mol. The Morgan fingerprint density at radius 2 is 2.15 bits per heavy atom. The minimum atomic E-state index is 0.398. The Hall–Kier alpha value is -0.120. The average molecular weight is 184 g/mol. The van der Waals surface area contributed by atoms with Crippen LogP contribution >= 0.6 is 0 Å². The lowest BCUT2D eigenvalue weighted by atomic mass is 10.2. The van der Waals surface area contributed by atoms with Gasteiger partial charge in [-0.25, -0.2) is 0 Å². The molecule has 1 saturated carbocycles. The van der Waals surface area contributed by atoms with E-state index in [2.05, 4.69) is 10.6 Å². The summed E-state index contributed by atoms with van der Waals surface area (Å²) in [5.41, 5.74) is 0. The highest BCUT2D eigenvalue weighted by molar-refractivity contribution is 4.77. The molecule has 3 heteroatoms. The lowest BCUT2D eigenvalue weighted by molar-refractivity contribution is 0.0277. The second-order valence-corrected chi connectivity index (χ2v) is 4.09. The molecule has 0 aromatic rings. The number of hydrogen-bond acceptors (Lipinski definition) is 3. The first kappa shape index (κ1) is 9.44. The Morgan fingerprint density at radius 3 is 2.85 bits per heavy atom. The fraction of sp³-hybridized carbons (Fsp3) is 1.00. The Bertz CT molecular complexity index is 140. The van der Waals surface area contributed by atoms with Gasteiger partial charge in [-0.15, -0.1) is 0 Å². The second kappa shape index (κ2) is 4.94. The van der Waals surface area contributed by atoms with Gasteiger partial charge in [0, 0.05) is 25.7 Å². The van der Waals surface area contributed by atoms with Gasteiger partial charge in [-0.1, -0.05) is 12.8 Å². The highest BCUT2D eigenvalue weighted by Gasteiger charge is 2.18. The van der Waals surface area contributed by atoms with Crippen LogP contribution in [0.5, 0.6) is 0 Å². The third kappa shape index (κ3) is 2.93. The first-order valence-corrected chi connectivity index (χ1v) is 5.51. The predicted molar refractivity (Wildman–Crippen MR) is 52.9 cm³/mol. The van der Waals surface area contributed by atoms with Crippen molar-refractivity contribution in [3.63, 3.8) is 0 Å². The SMILES string of the molecule is C1CCC(NCC2CNCCO2)C1. The zero-order valence-corrected chi connectivity index (χ0v) is 8.22. The van der Waals surface area contributed by atoms with E-state index in [1.54, 1.807) is 0 Å². The van der Waals surface area contributed by atoms with Gasteiger partial charge < -0.3 is 15.4 Å². The molecule has 2 rings (SSSR count). The van der Waals surface area contributed by atoms with E-state index in [4.69, 9.17) is 4.74 Å². The fourth-order valence-corrected chi connectivity index (χ4v) is 2.18. The molecule has 0 aromatic carbocycles. The maximum Gasteiger partial charge on any atom is 0.0824 e. The van der Waals surface area contributed by atoms with Crippen molar-refractivity contribution in [3.05, 3.63) is 0 Å². The van der Waals surface area contributed by atoms with Crippen LogP contribution in [0.25, 0.3) is 0 Å². The fourth-order valence-electron chi connectivity index (χ4n) is 2.18. The quantitative estimate of drug-likeness (QED) is 0.670. The van der Waals surface area contributed by atoms with Crippen LogP contribution in [0.4, 0.5) is 0 Å². The van der Waals surface area contributed by atoms with Crippen molar-refractivity contribution in [1.82, 2.24) is 10.6 Å². The summed E-state index contributed by atoms with van der Waals surface area (Å²) in [6, 6.07) is 0.769. The molecule has 13 heavy (non-hydrogen) atoms. The molecule has 0 radical (unpaired) electrons. The summed E-state index contributed by atoms with van der Waals surface area (Å²) in [6.07, 6.45) is 5.93. The molecule has 0 aromatic heterocycles. The Morgan fingerprint density at radius 1 is 1.31 bits per heavy atom. The summed E-state index contributed by atoms with van der Waals surface area (Å²) in [5, 5.41) is 6.93. The molecule has 0 bridgehead atoms. The average Bonchev–Trinajstić information content (AvgIpc) is 2.69. The van der Waals surface area contributed by atoms with Gasteiger partial charge in [-0.3, -0.25) is 0 Å². The van der Waals surface area contributed by atoms with Crippen molar-refractivity contribution in [2.24, 2.45) is 0 Å². The van der Waals surface area contributed by atoms with Gasteiger partial charge in [0.2, 0.25) is 0 Å². The molecular formula is C10H20N2O. The van der Waals surface area contributed by atoms with Gasteiger partial charge in [0.25, 0.3) is 0 Å². The van der Waals surface area contributed by atoms with Gasteiger partial charge in [0.05, 0.1) is 12.7 Å². The van der Waals surface area contributed by atoms with Gasteiger partial charge in [-0.05, 0) is 12.8 Å². The molecule has 1 heterocycles. The van der Waals surface area contributed by atoms with Crippen LogP contribution in [-0.2, 0) is 4.74 Å². The maximum absolute atomic E-state index is 5.61. The molecular weight excluding hydrogens is 164 g/mol. The molecule has 1 aliphatic heterocycles. The minimum absolute atomic E-state index is 0.398. The highest BCUT2D eigenvalue weighted by Crippen LogP contribution is 2.17. The van der Waals surface area contributed by atoms with E-state index in [9.17, 15) is 0 Å². The van der Waals surface area contributed by atoms with Gasteiger partial charge in [0.1, 0.15) is 0 Å². The van der Waals surface area contributed by atoms with Gasteiger partial charge in [-0.2, -0.15) is 0 Å². The maximum atomic E-state index is 5.61. The first-order valence-electron chi connectivity index (χ1n) is 5.51. The van der Waals surface area contributed by atoms with Crippen LogP contribution in [-0.4, -0.2) is 38.4 Å². The van der Waals surface area contributed by atoms with E-state index in [1.165, 1.54) is 25.7 Å². The van der Waals surface area contributed by atoms with Crippen molar-refractivity contribution in [2.75, 3.05) is 26.2 Å². The zero-order valence-electron chi connectivity index (χ0n) is 8.22. The normalized spacial score (nSPS) is 30.9. The molecule has 76 valence electrons. The molecule has 2 N–H and O–H groups in total. The molecule has 1 unspecified atom stereocenters. The lowest BCUT2D eigenvalue weighted by Crippen LogP contribution is -2.45. The second-order valence-electron chi connectivity index (χ2n) is 4.09. The molecule has 1 saturated heterocycles. The Kier molecular flexibility index (Phi) is 3.58. The molecule has 1 aliphatic carbocycles. The standard InChI is InChI=1S/C10H20N2O/c1-2-4-9(3-1)12-8-10-7-11-5-6-13-10/h9-12H,1-8H2. The van der Waals surface area contributed by atoms with Crippen molar-refractivity contribution >= 4 is 0 Å². The minimum Gasteiger partial charge on any atom is -0.374 e. The summed E-state index contributed by atoms with van der Waals surface area (Å²) in [6.45, 7) is 3.92. The van der Waals surface area contributed by atoms with E-state index >= 15 is 0 Å². The van der Waals surface area contributed by atoms with Crippen LogP contribution in [0.3, 0.4) is 0 Å². The van der Waals surface area contributed by atoms with Crippen LogP contribution < -0.4 is 10.6 Å². The van der Waals surface area contributed by atoms with Crippen molar-refractivity contribution in [2.45, 2.75) is 37.8 Å². The van der Waals surface area contributed by atoms with Crippen molar-refractivity contribution in [3.8, 4) is 0 Å². The topological polar surface area (TPSA) is 33.3 Å². The summed E-state index contributed by atoms with van der Waals surface area (Å²) in [5.74, 6) is 0. The van der Waals surface area contributed by atoms with Crippen LogP contribution in [0.2, 0.25) is 0 Å². The van der Waals surface area contributed by atoms with Gasteiger partial charge >= 0.3 is 0 Å². The molecule has 3 nitrogen and oxygen atoms in total. The van der Waals surface area contributed by atoms with Crippen molar-refractivity contribution < 1.29 is 4.74 Å². The first-order chi connectivity index (χ1) is 6.45. The van der Waals surface area contributed by atoms with Crippen LogP contribution in [0.1, 0.15) is 25.7 Å². The number of ether oxygens (including phenoxy) is 1. The van der Waals surface area contributed by atoms with Gasteiger partial charge in [0.15, 0.2) is 0 Å². The number of hydrogen-bond donors (Lipinski definition) is 2. The van der Waals surface area contributed by atoms with E-state index in [0.29, 0.717) is 6.10 Å².